The summed E-state index contributed by atoms with van der Waals surface area (Å²) in [6.45, 7) is 1.67. The van der Waals surface area contributed by atoms with Crippen LogP contribution in [-0.2, 0) is 36.0 Å². The number of aromatic nitrogens is 2. The molecule has 0 N–H and O–H groups in total. The zero-order chi connectivity index (χ0) is 22.1. The van der Waals surface area contributed by atoms with Crippen molar-refractivity contribution < 1.29 is 9.59 Å². The summed E-state index contributed by atoms with van der Waals surface area (Å²) < 4.78 is 2.46. The van der Waals surface area contributed by atoms with Crippen LogP contribution >= 0.6 is 15.9 Å². The molecule has 2 amide bonds. The molecule has 0 atom stereocenters. The minimum Gasteiger partial charge on any atom is -0.341 e. The summed E-state index contributed by atoms with van der Waals surface area (Å²) in [7, 11) is 1.39. The van der Waals surface area contributed by atoms with Crippen LogP contribution in [0.2, 0.25) is 0 Å². The van der Waals surface area contributed by atoms with Crippen molar-refractivity contribution in [3.8, 4) is 0 Å². The second-order valence-corrected chi connectivity index (χ2v) is 9.00. The van der Waals surface area contributed by atoms with Crippen molar-refractivity contribution in [2.45, 2.75) is 38.3 Å². The Bertz CT molecular complexity index is 1130. The number of amides is 2. The van der Waals surface area contributed by atoms with Gasteiger partial charge in [0.1, 0.15) is 6.54 Å². The number of hydrogen-bond acceptors (Lipinski definition) is 4. The molecule has 1 aromatic carbocycles. The summed E-state index contributed by atoms with van der Waals surface area (Å²) in [5, 5.41) is 0. The van der Waals surface area contributed by atoms with Gasteiger partial charge in [-0.15, -0.1) is 0 Å². The number of hydrogen-bond donors (Lipinski definition) is 0. The molecule has 31 heavy (non-hydrogen) atoms. The van der Waals surface area contributed by atoms with E-state index in [1.54, 1.807) is 4.90 Å². The third-order valence-electron chi connectivity index (χ3n) is 6.28. The summed E-state index contributed by atoms with van der Waals surface area (Å²) in [6, 6.07) is 8.23. The van der Waals surface area contributed by atoms with Crippen LogP contribution < -0.4 is 11.2 Å². The van der Waals surface area contributed by atoms with E-state index in [1.807, 2.05) is 23.1 Å². The average Bonchev–Trinajstić information content (AvgIpc) is 2.94. The van der Waals surface area contributed by atoms with E-state index in [-0.39, 0.29) is 28.9 Å². The van der Waals surface area contributed by atoms with Gasteiger partial charge in [0.15, 0.2) is 0 Å². The molecule has 4 rings (SSSR count). The smallest absolute Gasteiger partial charge is 0.331 e. The summed E-state index contributed by atoms with van der Waals surface area (Å²) in [5.74, 6) is -0.0166. The Hall–Kier alpha value is -2.68. The molecular formula is C22H25BrN4O4. The molecule has 1 aromatic heterocycles. The normalized spacial score (nSPS) is 17.4. The van der Waals surface area contributed by atoms with Gasteiger partial charge in [-0.1, -0.05) is 24.3 Å². The number of likely N-dealkylation sites (tertiary alicyclic amines) is 1. The van der Waals surface area contributed by atoms with E-state index < -0.39 is 11.2 Å². The molecular weight excluding hydrogens is 464 g/mol. The van der Waals surface area contributed by atoms with E-state index in [2.05, 4.69) is 22.0 Å². The lowest BCUT2D eigenvalue weighted by Crippen LogP contribution is -2.50. The summed E-state index contributed by atoms with van der Waals surface area (Å²) in [4.78, 5) is 53.4. The third kappa shape index (κ3) is 4.37. The fourth-order valence-electron chi connectivity index (χ4n) is 4.46. The van der Waals surface area contributed by atoms with Crippen LogP contribution in [-0.4, -0.2) is 56.4 Å². The van der Waals surface area contributed by atoms with Crippen molar-refractivity contribution in [2.24, 2.45) is 7.05 Å². The van der Waals surface area contributed by atoms with Gasteiger partial charge in [0.05, 0.1) is 10.9 Å². The molecule has 0 bridgehead atoms. The number of carbonyl (C=O) groups is 2. The number of rotatable bonds is 3. The Kier molecular flexibility index (Phi) is 6.13. The van der Waals surface area contributed by atoms with Gasteiger partial charge < -0.3 is 9.80 Å². The summed E-state index contributed by atoms with van der Waals surface area (Å²) >= 11 is 3.14. The van der Waals surface area contributed by atoms with E-state index >= 15 is 0 Å². The second kappa shape index (κ2) is 8.82. The van der Waals surface area contributed by atoms with Crippen molar-refractivity contribution in [3.05, 3.63) is 66.9 Å². The Morgan fingerprint density at radius 1 is 1.06 bits per heavy atom. The number of fused-ring (bicyclic) bond motifs is 1. The predicted molar refractivity (Wildman–Crippen MR) is 119 cm³/mol. The first kappa shape index (κ1) is 21.5. The van der Waals surface area contributed by atoms with E-state index in [0.29, 0.717) is 26.1 Å². The van der Waals surface area contributed by atoms with Crippen LogP contribution in [0.25, 0.3) is 0 Å². The monoisotopic (exact) mass is 488 g/mol. The predicted octanol–water partition coefficient (Wildman–Crippen LogP) is 0.928. The van der Waals surface area contributed by atoms with Crippen LogP contribution in [0.3, 0.4) is 0 Å². The van der Waals surface area contributed by atoms with Gasteiger partial charge in [-0.3, -0.25) is 23.5 Å². The third-order valence-corrected chi connectivity index (χ3v) is 6.82. The fraction of sp³-hybridized carbons (Fsp3) is 0.455. The molecule has 1 fully saturated rings. The highest BCUT2D eigenvalue weighted by Gasteiger charge is 2.31. The zero-order valence-electron chi connectivity index (χ0n) is 17.4. The maximum absolute atomic E-state index is 12.8. The zero-order valence-corrected chi connectivity index (χ0v) is 19.0. The molecule has 2 aromatic rings. The number of piperidine rings is 1. The van der Waals surface area contributed by atoms with Crippen LogP contribution in [0.5, 0.6) is 0 Å². The molecule has 0 saturated carbocycles. The maximum Gasteiger partial charge on any atom is 0.331 e. The van der Waals surface area contributed by atoms with Crippen molar-refractivity contribution in [1.82, 2.24) is 18.9 Å². The van der Waals surface area contributed by atoms with Crippen LogP contribution in [0.15, 0.2) is 44.5 Å². The Morgan fingerprint density at radius 2 is 1.74 bits per heavy atom. The van der Waals surface area contributed by atoms with Gasteiger partial charge in [0, 0.05) is 38.9 Å². The van der Waals surface area contributed by atoms with Crippen molar-refractivity contribution in [3.63, 3.8) is 0 Å². The first-order valence-electron chi connectivity index (χ1n) is 10.4. The van der Waals surface area contributed by atoms with Gasteiger partial charge in [-0.25, -0.2) is 4.79 Å². The van der Waals surface area contributed by atoms with Gasteiger partial charge in [-0.2, -0.15) is 0 Å². The quantitative estimate of drug-likeness (QED) is 0.643. The molecule has 1 saturated heterocycles. The van der Waals surface area contributed by atoms with Crippen LogP contribution in [0.1, 0.15) is 24.0 Å². The molecule has 9 heteroatoms. The SMILES string of the molecule is Cn1c(=O)c(Br)cn(CC(=O)N2CCC(N3CCc4ccccc4CC3=O)CC2)c1=O. The number of nitrogens with zero attached hydrogens (tertiary/aromatic N) is 4. The summed E-state index contributed by atoms with van der Waals surface area (Å²) in [6.07, 6.45) is 4.09. The number of halogens is 1. The lowest BCUT2D eigenvalue weighted by atomic mass is 10.0. The molecule has 164 valence electrons. The average molecular weight is 489 g/mol. The van der Waals surface area contributed by atoms with Crippen molar-refractivity contribution in [2.75, 3.05) is 19.6 Å². The Balaban J connectivity index is 1.38. The van der Waals surface area contributed by atoms with Gasteiger partial charge in [0.25, 0.3) is 5.56 Å². The molecule has 2 aliphatic heterocycles. The van der Waals surface area contributed by atoms with Crippen LogP contribution in [0.4, 0.5) is 0 Å². The first-order chi connectivity index (χ1) is 14.8. The molecule has 0 radical (unpaired) electrons. The first-order valence-corrected chi connectivity index (χ1v) is 11.2. The molecule has 2 aliphatic rings. The highest BCUT2D eigenvalue weighted by molar-refractivity contribution is 9.10. The number of carbonyl (C=O) groups excluding carboxylic acids is 2. The maximum atomic E-state index is 12.8. The van der Waals surface area contributed by atoms with E-state index in [4.69, 9.17) is 0 Å². The van der Waals surface area contributed by atoms with Gasteiger partial charge >= 0.3 is 5.69 Å². The minimum atomic E-state index is -0.522. The highest BCUT2D eigenvalue weighted by atomic mass is 79.9. The van der Waals surface area contributed by atoms with E-state index in [0.717, 1.165) is 29.4 Å². The Morgan fingerprint density at radius 3 is 2.45 bits per heavy atom. The molecule has 0 aliphatic carbocycles. The van der Waals surface area contributed by atoms with E-state index in [9.17, 15) is 19.2 Å². The minimum absolute atomic E-state index is 0.117. The van der Waals surface area contributed by atoms with Gasteiger partial charge in [-0.05, 0) is 46.3 Å². The Labute approximate surface area is 188 Å². The van der Waals surface area contributed by atoms with Gasteiger partial charge in [0.2, 0.25) is 11.8 Å². The van der Waals surface area contributed by atoms with Crippen LogP contribution in [0, 0.1) is 0 Å². The van der Waals surface area contributed by atoms with Crippen molar-refractivity contribution in [1.29, 1.82) is 0 Å². The molecule has 0 spiro atoms. The lowest BCUT2D eigenvalue weighted by Gasteiger charge is -2.38. The lowest BCUT2D eigenvalue weighted by molar-refractivity contribution is -0.136. The second-order valence-electron chi connectivity index (χ2n) is 8.15. The largest absolute Gasteiger partial charge is 0.341 e. The number of benzene rings is 1. The highest BCUT2D eigenvalue weighted by Crippen LogP contribution is 2.23. The molecule has 3 heterocycles. The van der Waals surface area contributed by atoms with E-state index in [1.165, 1.54) is 23.4 Å². The summed E-state index contributed by atoms with van der Waals surface area (Å²) in [5.41, 5.74) is 1.39. The van der Waals surface area contributed by atoms with Crippen molar-refractivity contribution >= 4 is 27.7 Å². The standard InChI is InChI=1S/C22H25BrN4O4/c1-24-21(30)18(23)13-26(22(24)31)14-20(29)25-9-7-17(8-10-25)27-11-6-15-4-2-3-5-16(15)12-19(27)28/h2-5,13,17H,6-12,14H2,1H3. The topological polar surface area (TPSA) is 84.6 Å². The molecule has 0 unspecified atom stereocenters. The molecule has 8 nitrogen and oxygen atoms in total. The fourth-order valence-corrected chi connectivity index (χ4v) is 4.98.